The van der Waals surface area contributed by atoms with Crippen molar-refractivity contribution in [1.82, 2.24) is 4.90 Å². The molecule has 18 heavy (non-hydrogen) atoms. The summed E-state index contributed by atoms with van der Waals surface area (Å²) < 4.78 is 0. The fraction of sp³-hybridized carbons (Fsp3) is 0.333. The molecule has 1 aromatic rings. The molecule has 1 atom stereocenters. The van der Waals surface area contributed by atoms with E-state index in [1.807, 2.05) is 0 Å². The second-order valence-electron chi connectivity index (χ2n) is 4.05. The van der Waals surface area contributed by atoms with Gasteiger partial charge in [0, 0.05) is 25.3 Å². The van der Waals surface area contributed by atoms with Crippen LogP contribution in [0.1, 0.15) is 17.3 Å². The first-order valence-electron chi connectivity index (χ1n) is 5.30. The van der Waals surface area contributed by atoms with Crippen LogP contribution in [-0.4, -0.2) is 36.9 Å². The lowest BCUT2D eigenvalue weighted by molar-refractivity contribution is -0.117. The molecule has 0 saturated carbocycles. The van der Waals surface area contributed by atoms with Gasteiger partial charge in [-0.2, -0.15) is 0 Å². The van der Waals surface area contributed by atoms with Crippen molar-refractivity contribution in [3.63, 3.8) is 0 Å². The molecule has 5 nitrogen and oxygen atoms in total. The van der Waals surface area contributed by atoms with Gasteiger partial charge in [-0.25, -0.2) is 0 Å². The molecule has 0 aliphatic rings. The number of carbonyl (C=O) groups excluding carboxylic acids is 2. The summed E-state index contributed by atoms with van der Waals surface area (Å²) in [6, 6.07) is 6.13. The second kappa shape index (κ2) is 6.98. The van der Waals surface area contributed by atoms with Gasteiger partial charge in [0.05, 0.1) is 6.04 Å². The number of rotatable bonds is 3. The minimum atomic E-state index is -0.557. The summed E-state index contributed by atoms with van der Waals surface area (Å²) in [7, 11) is 3.38. The zero-order chi connectivity index (χ0) is 13.0. The minimum absolute atomic E-state index is 0. The quantitative estimate of drug-likeness (QED) is 0.864. The monoisotopic (exact) mass is 271 g/mol. The van der Waals surface area contributed by atoms with Crippen LogP contribution in [-0.2, 0) is 4.79 Å². The average molecular weight is 272 g/mol. The summed E-state index contributed by atoms with van der Waals surface area (Å²) in [5.41, 5.74) is 6.63. The van der Waals surface area contributed by atoms with Crippen LogP contribution in [0.5, 0.6) is 0 Å². The molecule has 6 heteroatoms. The maximum atomic E-state index is 11.6. The average Bonchev–Trinajstić information content (AvgIpc) is 2.28. The van der Waals surface area contributed by atoms with Crippen molar-refractivity contribution in [3.8, 4) is 0 Å². The summed E-state index contributed by atoms with van der Waals surface area (Å²) in [6.45, 7) is 1.61. The molecular formula is C12H18ClN3O2. The highest BCUT2D eigenvalue weighted by Gasteiger charge is 2.09. The SMILES string of the molecule is C[C@@H](N)C(=O)Nc1ccc(C(=O)N(C)C)cc1.Cl. The van der Waals surface area contributed by atoms with Crippen molar-refractivity contribution in [2.75, 3.05) is 19.4 Å². The van der Waals surface area contributed by atoms with Crippen LogP contribution in [0.2, 0.25) is 0 Å². The van der Waals surface area contributed by atoms with Crippen molar-refractivity contribution in [2.45, 2.75) is 13.0 Å². The zero-order valence-electron chi connectivity index (χ0n) is 10.6. The minimum Gasteiger partial charge on any atom is -0.345 e. The van der Waals surface area contributed by atoms with Crippen LogP contribution in [0.15, 0.2) is 24.3 Å². The number of hydrogen-bond donors (Lipinski definition) is 2. The van der Waals surface area contributed by atoms with E-state index in [0.717, 1.165) is 0 Å². The smallest absolute Gasteiger partial charge is 0.253 e. The lowest BCUT2D eigenvalue weighted by atomic mass is 10.2. The fourth-order valence-corrected chi connectivity index (χ4v) is 1.21. The number of halogens is 1. The van der Waals surface area contributed by atoms with Crippen LogP contribution >= 0.6 is 12.4 Å². The molecule has 0 aromatic heterocycles. The fourth-order valence-electron chi connectivity index (χ4n) is 1.21. The predicted molar refractivity (Wildman–Crippen MR) is 74.0 cm³/mol. The molecule has 0 bridgehead atoms. The molecule has 1 aromatic carbocycles. The van der Waals surface area contributed by atoms with E-state index in [2.05, 4.69) is 5.32 Å². The van der Waals surface area contributed by atoms with E-state index < -0.39 is 6.04 Å². The third kappa shape index (κ3) is 4.35. The standard InChI is InChI=1S/C12H17N3O2.ClH/c1-8(13)11(16)14-10-6-4-9(5-7-10)12(17)15(2)3;/h4-8H,13H2,1-3H3,(H,14,16);1H/t8-;/m1./s1. The number of nitrogens with one attached hydrogen (secondary N) is 1. The Bertz CT molecular complexity index is 416. The van der Waals surface area contributed by atoms with Crippen LogP contribution in [0.25, 0.3) is 0 Å². The summed E-state index contributed by atoms with van der Waals surface area (Å²) in [5.74, 6) is -0.327. The van der Waals surface area contributed by atoms with Crippen LogP contribution in [0.4, 0.5) is 5.69 Å². The Hall–Kier alpha value is -1.59. The van der Waals surface area contributed by atoms with Gasteiger partial charge in [-0.05, 0) is 31.2 Å². The van der Waals surface area contributed by atoms with Gasteiger partial charge in [0.25, 0.3) is 5.91 Å². The number of nitrogens with two attached hydrogens (primary N) is 1. The third-order valence-electron chi connectivity index (χ3n) is 2.22. The van der Waals surface area contributed by atoms with Gasteiger partial charge < -0.3 is 16.0 Å². The highest BCUT2D eigenvalue weighted by Crippen LogP contribution is 2.10. The van der Waals surface area contributed by atoms with E-state index in [1.165, 1.54) is 4.90 Å². The predicted octanol–water partition coefficient (Wildman–Crippen LogP) is 1.10. The number of benzene rings is 1. The zero-order valence-corrected chi connectivity index (χ0v) is 11.5. The van der Waals surface area contributed by atoms with Crippen molar-refractivity contribution in [3.05, 3.63) is 29.8 Å². The van der Waals surface area contributed by atoms with E-state index in [0.29, 0.717) is 11.3 Å². The highest BCUT2D eigenvalue weighted by atomic mass is 35.5. The van der Waals surface area contributed by atoms with Gasteiger partial charge in [0.1, 0.15) is 0 Å². The normalized spacial score (nSPS) is 11.1. The van der Waals surface area contributed by atoms with Gasteiger partial charge in [-0.3, -0.25) is 9.59 Å². The molecular weight excluding hydrogens is 254 g/mol. The Morgan fingerprint density at radius 3 is 2.11 bits per heavy atom. The largest absolute Gasteiger partial charge is 0.345 e. The van der Waals surface area contributed by atoms with Gasteiger partial charge in [-0.15, -0.1) is 12.4 Å². The van der Waals surface area contributed by atoms with Gasteiger partial charge in [-0.1, -0.05) is 0 Å². The van der Waals surface area contributed by atoms with Crippen molar-refractivity contribution < 1.29 is 9.59 Å². The molecule has 1 rings (SSSR count). The molecule has 0 unspecified atom stereocenters. The van der Waals surface area contributed by atoms with Crippen LogP contribution in [0.3, 0.4) is 0 Å². The Labute approximate surface area is 113 Å². The molecule has 3 N–H and O–H groups in total. The van der Waals surface area contributed by atoms with Gasteiger partial charge in [0.15, 0.2) is 0 Å². The summed E-state index contributed by atoms with van der Waals surface area (Å²) in [4.78, 5) is 24.4. The number of anilines is 1. The molecule has 0 aliphatic heterocycles. The Balaban J connectivity index is 0.00000289. The van der Waals surface area contributed by atoms with Crippen LogP contribution in [0, 0.1) is 0 Å². The van der Waals surface area contributed by atoms with Crippen molar-refractivity contribution in [2.24, 2.45) is 5.73 Å². The molecule has 0 heterocycles. The maximum absolute atomic E-state index is 11.6. The van der Waals surface area contributed by atoms with Crippen LogP contribution < -0.4 is 11.1 Å². The van der Waals surface area contributed by atoms with Crippen molar-refractivity contribution in [1.29, 1.82) is 0 Å². The van der Waals surface area contributed by atoms with Gasteiger partial charge >= 0.3 is 0 Å². The maximum Gasteiger partial charge on any atom is 0.253 e. The van der Waals surface area contributed by atoms with Crippen molar-refractivity contribution >= 4 is 29.9 Å². The van der Waals surface area contributed by atoms with Gasteiger partial charge in [0.2, 0.25) is 5.91 Å². The number of carbonyl (C=O) groups is 2. The molecule has 0 spiro atoms. The first-order valence-corrected chi connectivity index (χ1v) is 5.30. The van der Waals surface area contributed by atoms with E-state index in [4.69, 9.17) is 5.73 Å². The van der Waals surface area contributed by atoms with E-state index in [1.54, 1.807) is 45.3 Å². The number of amides is 2. The Morgan fingerprint density at radius 1 is 1.22 bits per heavy atom. The molecule has 0 aliphatic carbocycles. The first-order chi connectivity index (χ1) is 7.91. The Morgan fingerprint density at radius 2 is 1.72 bits per heavy atom. The summed E-state index contributed by atoms with van der Waals surface area (Å²) in [5, 5.41) is 2.65. The highest BCUT2D eigenvalue weighted by molar-refractivity contribution is 5.96. The number of hydrogen-bond acceptors (Lipinski definition) is 3. The third-order valence-corrected chi connectivity index (χ3v) is 2.22. The molecule has 0 radical (unpaired) electrons. The second-order valence-corrected chi connectivity index (χ2v) is 4.05. The lowest BCUT2D eigenvalue weighted by Crippen LogP contribution is -2.32. The topological polar surface area (TPSA) is 75.4 Å². The Kier molecular flexibility index (Phi) is 6.36. The summed E-state index contributed by atoms with van der Waals surface area (Å²) >= 11 is 0. The van der Waals surface area contributed by atoms with E-state index >= 15 is 0 Å². The van der Waals surface area contributed by atoms with E-state index in [9.17, 15) is 9.59 Å². The molecule has 0 fully saturated rings. The first kappa shape index (κ1) is 16.4. The summed E-state index contributed by atoms with van der Waals surface area (Å²) in [6.07, 6.45) is 0. The molecule has 100 valence electrons. The molecule has 0 saturated heterocycles. The molecule has 2 amide bonds. The lowest BCUT2D eigenvalue weighted by Gasteiger charge is -2.11. The number of nitrogens with zero attached hydrogens (tertiary/aromatic N) is 1. The van der Waals surface area contributed by atoms with E-state index in [-0.39, 0.29) is 24.2 Å².